The maximum Gasteiger partial charge on any atom is 0.238 e. The SMILES string of the molecule is Cc1ccc2c(c1)oc1cccc(-c3cccc4oc5cc(-c6nc(-c7ccccc7)nc(-n7c8ccccc8c8ccccc87)n6)ccc5c34)c12. The molecule has 11 rings (SSSR count). The van der Waals surface area contributed by atoms with E-state index in [1.807, 2.05) is 42.5 Å². The summed E-state index contributed by atoms with van der Waals surface area (Å²) in [6, 6.07) is 52.1. The Kier molecular flexibility index (Phi) is 6.07. The number of aromatic nitrogens is 4. The van der Waals surface area contributed by atoms with Crippen LogP contribution in [0.2, 0.25) is 0 Å². The number of rotatable bonds is 4. The number of aryl methyl sites for hydroxylation is 1. The molecular weight excluding hydrogens is 641 g/mol. The second-order valence-electron chi connectivity index (χ2n) is 13.3. The van der Waals surface area contributed by atoms with Crippen molar-refractivity contribution in [2.24, 2.45) is 0 Å². The van der Waals surface area contributed by atoms with Crippen LogP contribution in [0.5, 0.6) is 0 Å². The number of furan rings is 2. The first kappa shape index (κ1) is 28.8. The van der Waals surface area contributed by atoms with Crippen LogP contribution < -0.4 is 0 Å². The van der Waals surface area contributed by atoms with Crippen molar-refractivity contribution < 1.29 is 8.83 Å². The van der Waals surface area contributed by atoms with Crippen LogP contribution in [0.4, 0.5) is 0 Å². The Labute approximate surface area is 297 Å². The van der Waals surface area contributed by atoms with E-state index >= 15 is 0 Å². The molecule has 0 spiro atoms. The van der Waals surface area contributed by atoms with Crippen molar-refractivity contribution in [2.75, 3.05) is 0 Å². The summed E-state index contributed by atoms with van der Waals surface area (Å²) in [7, 11) is 0. The van der Waals surface area contributed by atoms with Gasteiger partial charge in [-0.2, -0.15) is 9.97 Å². The summed E-state index contributed by atoms with van der Waals surface area (Å²) in [6.45, 7) is 2.09. The lowest BCUT2D eigenvalue weighted by Crippen LogP contribution is -2.06. The third kappa shape index (κ3) is 4.28. The Morgan fingerprint density at radius 2 is 0.981 bits per heavy atom. The van der Waals surface area contributed by atoms with Gasteiger partial charge in [0.1, 0.15) is 22.3 Å². The van der Waals surface area contributed by atoms with Crippen LogP contribution >= 0.6 is 0 Å². The summed E-state index contributed by atoms with van der Waals surface area (Å²) in [5.74, 6) is 1.73. The van der Waals surface area contributed by atoms with Gasteiger partial charge in [0.2, 0.25) is 5.95 Å². The minimum absolute atomic E-state index is 0.559. The minimum Gasteiger partial charge on any atom is -0.456 e. The second-order valence-corrected chi connectivity index (χ2v) is 13.3. The topological polar surface area (TPSA) is 69.9 Å². The smallest absolute Gasteiger partial charge is 0.238 e. The average Bonchev–Trinajstić information content (AvgIpc) is 3.87. The normalized spacial score (nSPS) is 11.9. The number of benzene rings is 7. The van der Waals surface area contributed by atoms with Gasteiger partial charge in [-0.3, -0.25) is 4.57 Å². The summed E-state index contributed by atoms with van der Waals surface area (Å²) < 4.78 is 15.1. The molecule has 0 saturated carbocycles. The van der Waals surface area contributed by atoms with Crippen LogP contribution in [0.15, 0.2) is 160 Å². The molecule has 7 aromatic carbocycles. The molecule has 0 bridgehead atoms. The molecule has 0 amide bonds. The van der Waals surface area contributed by atoms with E-state index in [1.54, 1.807) is 0 Å². The highest BCUT2D eigenvalue weighted by Crippen LogP contribution is 2.43. The third-order valence-corrected chi connectivity index (χ3v) is 10.1. The zero-order valence-corrected chi connectivity index (χ0v) is 28.0. The van der Waals surface area contributed by atoms with Gasteiger partial charge in [-0.25, -0.2) is 4.98 Å². The molecule has 0 saturated heterocycles. The Hall–Kier alpha value is -7.05. The lowest BCUT2D eigenvalue weighted by Gasteiger charge is -2.11. The molecule has 0 radical (unpaired) electrons. The van der Waals surface area contributed by atoms with Gasteiger partial charge in [0.25, 0.3) is 0 Å². The molecule has 11 aromatic rings. The highest BCUT2D eigenvalue weighted by molar-refractivity contribution is 6.19. The van der Waals surface area contributed by atoms with Crippen molar-refractivity contribution in [2.45, 2.75) is 6.92 Å². The fourth-order valence-corrected chi connectivity index (χ4v) is 7.79. The van der Waals surface area contributed by atoms with E-state index in [0.29, 0.717) is 17.6 Å². The van der Waals surface area contributed by atoms with E-state index in [9.17, 15) is 0 Å². The van der Waals surface area contributed by atoms with E-state index in [2.05, 4.69) is 121 Å². The molecule has 244 valence electrons. The monoisotopic (exact) mass is 668 g/mol. The van der Waals surface area contributed by atoms with E-state index in [4.69, 9.17) is 23.8 Å². The van der Waals surface area contributed by atoms with Crippen molar-refractivity contribution in [3.8, 4) is 39.9 Å². The minimum atomic E-state index is 0.559. The highest BCUT2D eigenvalue weighted by atomic mass is 16.3. The second kappa shape index (κ2) is 11.0. The van der Waals surface area contributed by atoms with Crippen molar-refractivity contribution in [3.05, 3.63) is 157 Å². The van der Waals surface area contributed by atoms with E-state index in [-0.39, 0.29) is 0 Å². The maximum atomic E-state index is 6.61. The van der Waals surface area contributed by atoms with Gasteiger partial charge in [0.15, 0.2) is 11.6 Å². The molecule has 0 atom stereocenters. The van der Waals surface area contributed by atoms with Crippen molar-refractivity contribution >= 4 is 65.7 Å². The molecule has 4 aromatic heterocycles. The van der Waals surface area contributed by atoms with Crippen molar-refractivity contribution in [3.63, 3.8) is 0 Å². The number of para-hydroxylation sites is 2. The standard InChI is InChI=1S/C46H28N4O2/c1-27-21-23-34-40(25-27)51-38-19-9-15-32(42(34)38)33-16-10-20-39-43(33)35-24-22-29(26-41(35)52-39)45-47-44(28-11-3-2-4-12-28)48-46(49-45)50-36-17-7-5-13-30(36)31-14-6-8-18-37(31)50/h2-26H,1H3. The molecule has 0 N–H and O–H groups in total. The van der Waals surface area contributed by atoms with E-state index < -0.39 is 0 Å². The molecule has 0 unspecified atom stereocenters. The summed E-state index contributed by atoms with van der Waals surface area (Å²) in [6.07, 6.45) is 0. The molecule has 0 aliphatic heterocycles. The van der Waals surface area contributed by atoms with Crippen LogP contribution in [-0.2, 0) is 0 Å². The summed E-state index contributed by atoms with van der Waals surface area (Å²) in [5, 5.41) is 6.59. The van der Waals surface area contributed by atoms with Crippen LogP contribution in [0.3, 0.4) is 0 Å². The number of nitrogens with zero attached hydrogens (tertiary/aromatic N) is 4. The summed E-state index contributed by atoms with van der Waals surface area (Å²) in [5.41, 5.74) is 10.5. The van der Waals surface area contributed by atoms with Gasteiger partial charge >= 0.3 is 0 Å². The number of hydrogen-bond donors (Lipinski definition) is 0. The quantitative estimate of drug-likeness (QED) is 0.187. The van der Waals surface area contributed by atoms with Crippen molar-refractivity contribution in [1.82, 2.24) is 19.5 Å². The average molecular weight is 669 g/mol. The molecule has 6 heteroatoms. The van der Waals surface area contributed by atoms with Crippen LogP contribution in [0.1, 0.15) is 5.56 Å². The van der Waals surface area contributed by atoms with Crippen LogP contribution in [-0.4, -0.2) is 19.5 Å². The molecule has 6 nitrogen and oxygen atoms in total. The zero-order chi connectivity index (χ0) is 34.3. The van der Waals surface area contributed by atoms with Crippen LogP contribution in [0, 0.1) is 6.92 Å². The molecule has 52 heavy (non-hydrogen) atoms. The summed E-state index contributed by atoms with van der Waals surface area (Å²) >= 11 is 0. The zero-order valence-electron chi connectivity index (χ0n) is 28.0. The Bertz CT molecular complexity index is 3150. The van der Waals surface area contributed by atoms with Gasteiger partial charge in [-0.1, -0.05) is 109 Å². The number of hydrogen-bond acceptors (Lipinski definition) is 5. The lowest BCUT2D eigenvalue weighted by atomic mass is 9.95. The van der Waals surface area contributed by atoms with Gasteiger partial charge in [-0.05, 0) is 66.1 Å². The van der Waals surface area contributed by atoms with E-state index in [0.717, 1.165) is 87.9 Å². The fraction of sp³-hybridized carbons (Fsp3) is 0.0217. The van der Waals surface area contributed by atoms with Gasteiger partial charge < -0.3 is 8.83 Å². The number of fused-ring (bicyclic) bond motifs is 9. The Morgan fingerprint density at radius 1 is 0.423 bits per heavy atom. The molecular formula is C46H28N4O2. The lowest BCUT2D eigenvalue weighted by molar-refractivity contribution is 0.668. The molecule has 4 heterocycles. The first-order valence-electron chi connectivity index (χ1n) is 17.4. The Balaban J connectivity index is 1.12. The first-order chi connectivity index (χ1) is 25.7. The third-order valence-electron chi connectivity index (χ3n) is 10.1. The van der Waals surface area contributed by atoms with Crippen molar-refractivity contribution in [1.29, 1.82) is 0 Å². The molecule has 0 aliphatic carbocycles. The first-order valence-corrected chi connectivity index (χ1v) is 17.4. The highest BCUT2D eigenvalue weighted by Gasteiger charge is 2.20. The van der Waals surface area contributed by atoms with Gasteiger partial charge in [0, 0.05) is 43.4 Å². The summed E-state index contributed by atoms with van der Waals surface area (Å²) in [4.78, 5) is 15.3. The van der Waals surface area contributed by atoms with Gasteiger partial charge in [-0.15, -0.1) is 0 Å². The molecule has 0 aliphatic rings. The molecule has 0 fully saturated rings. The van der Waals surface area contributed by atoms with Crippen LogP contribution in [0.25, 0.3) is 106 Å². The maximum absolute atomic E-state index is 6.61. The predicted octanol–water partition coefficient (Wildman–Crippen LogP) is 12.1. The fourth-order valence-electron chi connectivity index (χ4n) is 7.79. The van der Waals surface area contributed by atoms with Gasteiger partial charge in [0.05, 0.1) is 11.0 Å². The Morgan fingerprint density at radius 3 is 1.63 bits per heavy atom. The predicted molar refractivity (Wildman–Crippen MR) is 210 cm³/mol. The largest absolute Gasteiger partial charge is 0.456 e. The van der Waals surface area contributed by atoms with E-state index in [1.165, 1.54) is 5.56 Å².